The van der Waals surface area contributed by atoms with E-state index >= 15 is 4.39 Å². The maximum Gasteiger partial charge on any atom is 0.214 e. The van der Waals surface area contributed by atoms with Gasteiger partial charge in [0.2, 0.25) is 10.0 Å². The van der Waals surface area contributed by atoms with Crippen molar-refractivity contribution in [3.8, 4) is 11.1 Å². The van der Waals surface area contributed by atoms with Crippen LogP contribution in [-0.4, -0.2) is 32.3 Å². The molecule has 0 aromatic heterocycles. The van der Waals surface area contributed by atoms with Crippen molar-refractivity contribution < 1.29 is 12.8 Å². The van der Waals surface area contributed by atoms with Crippen LogP contribution in [0.2, 0.25) is 0 Å². The fourth-order valence-corrected chi connectivity index (χ4v) is 5.20. The van der Waals surface area contributed by atoms with Crippen LogP contribution in [0.25, 0.3) is 11.1 Å². The van der Waals surface area contributed by atoms with Crippen molar-refractivity contribution in [3.05, 3.63) is 59.9 Å². The van der Waals surface area contributed by atoms with Crippen LogP contribution in [0.1, 0.15) is 32.3 Å². The molecule has 7 heteroatoms. The molecule has 2 aromatic rings. The van der Waals surface area contributed by atoms with Gasteiger partial charge in [0.05, 0.1) is 5.25 Å². The van der Waals surface area contributed by atoms with Crippen LogP contribution in [0.4, 0.5) is 4.39 Å². The first-order valence-electron chi connectivity index (χ1n) is 9.90. The highest BCUT2D eigenvalue weighted by atomic mass is 35.5. The molecule has 1 heterocycles. The summed E-state index contributed by atoms with van der Waals surface area (Å²) in [6.07, 6.45) is 2.47. The molecule has 1 saturated carbocycles. The number of hydrogen-bond donors (Lipinski definition) is 2. The third-order valence-electron chi connectivity index (χ3n) is 6.19. The van der Waals surface area contributed by atoms with Gasteiger partial charge in [-0.1, -0.05) is 48.5 Å². The van der Waals surface area contributed by atoms with Crippen molar-refractivity contribution in [2.24, 2.45) is 5.41 Å². The number of benzene rings is 2. The Morgan fingerprint density at radius 3 is 2.45 bits per heavy atom. The van der Waals surface area contributed by atoms with E-state index in [2.05, 4.69) is 10.0 Å². The highest BCUT2D eigenvalue weighted by Crippen LogP contribution is 2.52. The summed E-state index contributed by atoms with van der Waals surface area (Å²) in [5, 5.41) is 2.98. The molecule has 0 bridgehead atoms. The average molecular weight is 439 g/mol. The highest BCUT2D eigenvalue weighted by molar-refractivity contribution is 7.90. The van der Waals surface area contributed by atoms with Crippen molar-refractivity contribution in [3.63, 3.8) is 0 Å². The normalized spacial score (nSPS) is 22.6. The second kappa shape index (κ2) is 8.34. The lowest BCUT2D eigenvalue weighted by atomic mass is 9.91. The monoisotopic (exact) mass is 438 g/mol. The van der Waals surface area contributed by atoms with E-state index in [0.717, 1.165) is 24.9 Å². The molecule has 2 fully saturated rings. The fourth-order valence-electron chi connectivity index (χ4n) is 4.16. The zero-order valence-electron chi connectivity index (χ0n) is 16.7. The molecule has 2 aliphatic rings. The molecule has 2 N–H and O–H groups in total. The number of sulfonamides is 1. The molecule has 4 rings (SSSR count). The lowest BCUT2D eigenvalue weighted by molar-refractivity contribution is 0.404. The molecule has 0 radical (unpaired) electrons. The van der Waals surface area contributed by atoms with Gasteiger partial charge in [0.15, 0.2) is 0 Å². The molecule has 4 nitrogen and oxygen atoms in total. The van der Waals surface area contributed by atoms with Crippen LogP contribution in [0.5, 0.6) is 0 Å². The number of hydrogen-bond acceptors (Lipinski definition) is 3. The van der Waals surface area contributed by atoms with Gasteiger partial charge < -0.3 is 5.32 Å². The minimum atomic E-state index is -3.38. The Hall–Kier alpha value is -1.47. The quantitative estimate of drug-likeness (QED) is 0.719. The van der Waals surface area contributed by atoms with Gasteiger partial charge in [-0.25, -0.2) is 17.5 Å². The molecule has 158 valence electrons. The summed E-state index contributed by atoms with van der Waals surface area (Å²) in [5.74, 6) is -0.224. The predicted molar refractivity (Wildman–Crippen MR) is 117 cm³/mol. The Bertz CT molecular complexity index is 962. The lowest BCUT2D eigenvalue weighted by Gasteiger charge is -2.26. The largest absolute Gasteiger partial charge is 0.311 e. The summed E-state index contributed by atoms with van der Waals surface area (Å²) >= 11 is 0. The molecule has 1 saturated heterocycles. The fraction of sp³-hybridized carbons (Fsp3) is 0.455. The zero-order chi connectivity index (χ0) is 19.9. The molecule has 29 heavy (non-hydrogen) atoms. The molecule has 2 aromatic carbocycles. The van der Waals surface area contributed by atoms with E-state index in [4.69, 9.17) is 0 Å². The SMILES string of the molecule is CC(C)S(=O)(=O)N[C@@H]1[C@H](Cc2cccc(-c3ccccc3)c2F)NCC12CC2.Cl. The van der Waals surface area contributed by atoms with Gasteiger partial charge in [-0.2, -0.15) is 0 Å². The number of rotatable bonds is 6. The molecular formula is C22H28ClFN2O2S. The van der Waals surface area contributed by atoms with Crippen molar-refractivity contribution in [1.82, 2.24) is 10.0 Å². The van der Waals surface area contributed by atoms with Gasteiger partial charge in [0.25, 0.3) is 0 Å². The second-order valence-corrected chi connectivity index (χ2v) is 10.7. The first-order chi connectivity index (χ1) is 13.3. The van der Waals surface area contributed by atoms with E-state index in [1.165, 1.54) is 0 Å². The first-order valence-corrected chi connectivity index (χ1v) is 11.4. The maximum absolute atomic E-state index is 15.2. The van der Waals surface area contributed by atoms with Crippen LogP contribution < -0.4 is 10.0 Å². The Morgan fingerprint density at radius 2 is 1.83 bits per heavy atom. The van der Waals surface area contributed by atoms with Crippen molar-refractivity contribution >= 4 is 22.4 Å². The van der Waals surface area contributed by atoms with E-state index < -0.39 is 15.3 Å². The van der Waals surface area contributed by atoms with E-state index in [1.807, 2.05) is 36.4 Å². The number of halogens is 2. The first kappa shape index (κ1) is 22.2. The molecule has 1 aliphatic carbocycles. The lowest BCUT2D eigenvalue weighted by Crippen LogP contribution is -2.49. The topological polar surface area (TPSA) is 58.2 Å². The average Bonchev–Trinajstić information content (AvgIpc) is 3.39. The third kappa shape index (κ3) is 4.36. The summed E-state index contributed by atoms with van der Waals surface area (Å²) in [7, 11) is -3.38. The highest BCUT2D eigenvalue weighted by Gasteiger charge is 2.57. The van der Waals surface area contributed by atoms with Gasteiger partial charge in [0.1, 0.15) is 5.82 Å². The van der Waals surface area contributed by atoms with Crippen molar-refractivity contribution in [2.45, 2.75) is 50.4 Å². The minimum Gasteiger partial charge on any atom is -0.311 e. The van der Waals surface area contributed by atoms with E-state index in [1.54, 1.807) is 26.0 Å². The van der Waals surface area contributed by atoms with E-state index in [-0.39, 0.29) is 35.7 Å². The standard InChI is InChI=1S/C22H27FN2O2S.ClH/c1-15(2)28(26,27)25-21-19(24-14-22(21)11-12-22)13-17-9-6-10-18(20(17)23)16-7-4-3-5-8-16;/h3-10,15,19,21,24-25H,11-14H2,1-2H3;1H/t19-,21+;/m0./s1. The Balaban J connectivity index is 0.00000240. The Kier molecular flexibility index (Phi) is 6.39. The smallest absolute Gasteiger partial charge is 0.214 e. The van der Waals surface area contributed by atoms with Crippen LogP contribution >= 0.6 is 12.4 Å². The van der Waals surface area contributed by atoms with E-state index in [0.29, 0.717) is 17.5 Å². The summed E-state index contributed by atoms with van der Waals surface area (Å²) < 4.78 is 43.2. The Morgan fingerprint density at radius 1 is 1.14 bits per heavy atom. The summed E-state index contributed by atoms with van der Waals surface area (Å²) in [6.45, 7) is 4.15. The molecule has 1 spiro atoms. The molecule has 0 amide bonds. The van der Waals surface area contributed by atoms with Gasteiger partial charge in [0, 0.05) is 29.6 Å². The molecule has 0 unspecified atom stereocenters. The van der Waals surface area contributed by atoms with Gasteiger partial charge in [-0.3, -0.25) is 0 Å². The maximum atomic E-state index is 15.2. The summed E-state index contributed by atoms with van der Waals surface area (Å²) in [6, 6.07) is 14.7. The zero-order valence-corrected chi connectivity index (χ0v) is 18.3. The summed E-state index contributed by atoms with van der Waals surface area (Å²) in [5.41, 5.74) is 2.03. The molecular weight excluding hydrogens is 411 g/mol. The van der Waals surface area contributed by atoms with Crippen molar-refractivity contribution in [2.75, 3.05) is 6.54 Å². The van der Waals surface area contributed by atoms with Crippen LogP contribution in [0.15, 0.2) is 48.5 Å². The van der Waals surface area contributed by atoms with Gasteiger partial charge >= 0.3 is 0 Å². The van der Waals surface area contributed by atoms with Crippen LogP contribution in [-0.2, 0) is 16.4 Å². The van der Waals surface area contributed by atoms with Gasteiger partial charge in [-0.15, -0.1) is 12.4 Å². The predicted octanol–water partition coefficient (Wildman–Crippen LogP) is 3.91. The molecule has 1 aliphatic heterocycles. The van der Waals surface area contributed by atoms with Gasteiger partial charge in [-0.05, 0) is 44.2 Å². The summed E-state index contributed by atoms with van der Waals surface area (Å²) in [4.78, 5) is 0. The van der Waals surface area contributed by atoms with Crippen molar-refractivity contribution in [1.29, 1.82) is 0 Å². The van der Waals surface area contributed by atoms with Crippen LogP contribution in [0.3, 0.4) is 0 Å². The second-order valence-electron chi connectivity index (χ2n) is 8.39. The number of nitrogens with one attached hydrogen (secondary N) is 2. The Labute approximate surface area is 178 Å². The van der Waals surface area contributed by atoms with E-state index in [9.17, 15) is 8.42 Å². The molecule has 2 atom stereocenters. The van der Waals surface area contributed by atoms with Crippen LogP contribution in [0, 0.1) is 11.2 Å². The third-order valence-corrected chi connectivity index (χ3v) is 8.01. The minimum absolute atomic E-state index is 0.